The number of aromatic carboxylic acids is 1. The number of carboxylic acid groups (broad SMARTS) is 1. The van der Waals surface area contributed by atoms with Crippen molar-refractivity contribution in [2.24, 2.45) is 0 Å². The number of imidazole rings is 1. The van der Waals surface area contributed by atoms with Crippen LogP contribution in [-0.4, -0.2) is 20.6 Å². The van der Waals surface area contributed by atoms with Crippen molar-refractivity contribution >= 4 is 40.2 Å². The highest BCUT2D eigenvalue weighted by atomic mass is 35.5. The van der Waals surface area contributed by atoms with Gasteiger partial charge >= 0.3 is 5.97 Å². The Morgan fingerprint density at radius 1 is 1.11 bits per heavy atom. The molecule has 4 nitrogen and oxygen atoms in total. The average molecular weight is 411 g/mol. The number of hydrogen-bond donors (Lipinski definition) is 1. The second-order valence-electron chi connectivity index (χ2n) is 6.68. The fourth-order valence-corrected chi connectivity index (χ4v) is 3.89. The van der Waals surface area contributed by atoms with E-state index >= 15 is 0 Å². The number of benzene rings is 3. The quantitative estimate of drug-likeness (QED) is 0.444. The molecule has 28 heavy (non-hydrogen) atoms. The minimum atomic E-state index is -1.01. The largest absolute Gasteiger partial charge is 0.478 e. The molecule has 1 aromatic heterocycles. The summed E-state index contributed by atoms with van der Waals surface area (Å²) in [6, 6.07) is 16.7. The monoisotopic (exact) mass is 410 g/mol. The highest BCUT2D eigenvalue weighted by Crippen LogP contribution is 2.33. The van der Waals surface area contributed by atoms with Gasteiger partial charge in [0.15, 0.2) is 0 Å². The Labute approximate surface area is 172 Å². The number of carbonyl (C=O) groups is 1. The summed E-state index contributed by atoms with van der Waals surface area (Å²) in [7, 11) is 0. The molecule has 3 aromatic carbocycles. The predicted octanol–water partition coefficient (Wildman–Crippen LogP) is 6.07. The van der Waals surface area contributed by atoms with Gasteiger partial charge in [-0.1, -0.05) is 47.5 Å². The molecule has 0 aliphatic rings. The third-order valence-electron chi connectivity index (χ3n) is 4.62. The summed E-state index contributed by atoms with van der Waals surface area (Å²) < 4.78 is 1.82. The molecule has 0 radical (unpaired) electrons. The van der Waals surface area contributed by atoms with Gasteiger partial charge in [-0.2, -0.15) is 0 Å². The summed E-state index contributed by atoms with van der Waals surface area (Å²) in [5.74, 6) is -1.01. The lowest BCUT2D eigenvalue weighted by Crippen LogP contribution is -2.05. The van der Waals surface area contributed by atoms with E-state index in [2.05, 4.69) is 4.98 Å². The molecule has 1 N–H and O–H groups in total. The van der Waals surface area contributed by atoms with E-state index in [0.717, 1.165) is 22.3 Å². The second kappa shape index (κ2) is 7.30. The van der Waals surface area contributed by atoms with Gasteiger partial charge in [0, 0.05) is 22.2 Å². The summed E-state index contributed by atoms with van der Waals surface area (Å²) in [6.45, 7) is 2.43. The van der Waals surface area contributed by atoms with Crippen LogP contribution in [0.5, 0.6) is 0 Å². The maximum Gasteiger partial charge on any atom is 0.337 e. The van der Waals surface area contributed by atoms with E-state index < -0.39 is 5.97 Å². The molecule has 0 aliphatic carbocycles. The first-order chi connectivity index (χ1) is 13.4. The summed E-state index contributed by atoms with van der Waals surface area (Å²) in [5.41, 5.74) is 4.87. The standard InChI is InChI=1S/C22H16Cl2N2O2/c1-13-5-6-17(19(24)7-13)15-9-18(22(27)28)21-20(10-15)25-12-26(21)11-14-3-2-4-16(23)8-14/h2-10,12H,11H2,1H3,(H,27,28). The number of rotatable bonds is 4. The molecule has 1 heterocycles. The SMILES string of the molecule is Cc1ccc(-c2cc(C(=O)O)c3c(c2)ncn3Cc2cccc(Cl)c2)c(Cl)c1. The lowest BCUT2D eigenvalue weighted by Gasteiger charge is -2.10. The summed E-state index contributed by atoms with van der Waals surface area (Å²) in [6.07, 6.45) is 1.65. The number of aryl methyl sites for hydroxylation is 1. The minimum absolute atomic E-state index is 0.184. The van der Waals surface area contributed by atoms with Gasteiger partial charge in [-0.15, -0.1) is 0 Å². The maximum absolute atomic E-state index is 12.0. The van der Waals surface area contributed by atoms with Crippen molar-refractivity contribution in [1.29, 1.82) is 0 Å². The van der Waals surface area contributed by atoms with E-state index in [1.54, 1.807) is 18.5 Å². The van der Waals surface area contributed by atoms with Gasteiger partial charge in [0.2, 0.25) is 0 Å². The zero-order valence-electron chi connectivity index (χ0n) is 15.0. The molecule has 0 spiro atoms. The Hall–Kier alpha value is -2.82. The van der Waals surface area contributed by atoms with E-state index in [9.17, 15) is 9.90 Å². The fraction of sp³-hybridized carbons (Fsp3) is 0.0909. The molecule has 6 heteroatoms. The summed E-state index contributed by atoms with van der Waals surface area (Å²) in [4.78, 5) is 16.4. The number of nitrogens with zero attached hydrogens (tertiary/aromatic N) is 2. The lowest BCUT2D eigenvalue weighted by molar-refractivity contribution is 0.0698. The first-order valence-corrected chi connectivity index (χ1v) is 9.41. The molecule has 4 rings (SSSR count). The van der Waals surface area contributed by atoms with Gasteiger partial charge in [0.1, 0.15) is 0 Å². The van der Waals surface area contributed by atoms with Crippen LogP contribution in [0.4, 0.5) is 0 Å². The minimum Gasteiger partial charge on any atom is -0.478 e. The summed E-state index contributed by atoms with van der Waals surface area (Å²) in [5, 5.41) is 11.0. The zero-order chi connectivity index (χ0) is 19.8. The molecule has 0 bridgehead atoms. The Morgan fingerprint density at radius 2 is 1.93 bits per heavy atom. The maximum atomic E-state index is 12.0. The van der Waals surface area contributed by atoms with Crippen molar-refractivity contribution in [3.63, 3.8) is 0 Å². The van der Waals surface area contributed by atoms with Crippen LogP contribution in [0.1, 0.15) is 21.5 Å². The van der Waals surface area contributed by atoms with Gasteiger partial charge in [-0.25, -0.2) is 9.78 Å². The molecule has 0 saturated heterocycles. The van der Waals surface area contributed by atoms with Crippen LogP contribution in [0.25, 0.3) is 22.2 Å². The first-order valence-electron chi connectivity index (χ1n) is 8.65. The number of carboxylic acids is 1. The molecule has 0 fully saturated rings. The number of aromatic nitrogens is 2. The number of halogens is 2. The van der Waals surface area contributed by atoms with Gasteiger partial charge in [0.25, 0.3) is 0 Å². The third kappa shape index (κ3) is 3.49. The van der Waals surface area contributed by atoms with Gasteiger partial charge < -0.3 is 9.67 Å². The van der Waals surface area contributed by atoms with E-state index in [0.29, 0.717) is 27.6 Å². The molecular formula is C22H16Cl2N2O2. The highest BCUT2D eigenvalue weighted by Gasteiger charge is 2.17. The van der Waals surface area contributed by atoms with Gasteiger partial charge in [0.05, 0.1) is 22.9 Å². The summed E-state index contributed by atoms with van der Waals surface area (Å²) >= 11 is 12.5. The van der Waals surface area contributed by atoms with Crippen molar-refractivity contribution in [3.8, 4) is 11.1 Å². The molecule has 0 saturated carbocycles. The van der Waals surface area contributed by atoms with Crippen LogP contribution in [0.2, 0.25) is 10.0 Å². The van der Waals surface area contributed by atoms with Crippen molar-refractivity contribution < 1.29 is 9.90 Å². The van der Waals surface area contributed by atoms with Gasteiger partial charge in [-0.05, 0) is 53.9 Å². The van der Waals surface area contributed by atoms with Crippen LogP contribution < -0.4 is 0 Å². The fourth-order valence-electron chi connectivity index (χ4n) is 3.33. The predicted molar refractivity (Wildman–Crippen MR) is 112 cm³/mol. The third-order valence-corrected chi connectivity index (χ3v) is 5.17. The highest BCUT2D eigenvalue weighted by molar-refractivity contribution is 6.33. The van der Waals surface area contributed by atoms with Crippen molar-refractivity contribution in [3.05, 3.63) is 87.7 Å². The Morgan fingerprint density at radius 3 is 2.64 bits per heavy atom. The topological polar surface area (TPSA) is 55.1 Å². The van der Waals surface area contributed by atoms with E-state index in [4.69, 9.17) is 23.2 Å². The molecule has 140 valence electrons. The molecule has 0 atom stereocenters. The van der Waals surface area contributed by atoms with Crippen molar-refractivity contribution in [1.82, 2.24) is 9.55 Å². The van der Waals surface area contributed by atoms with Crippen LogP contribution in [0, 0.1) is 6.92 Å². The Balaban J connectivity index is 1.86. The molecule has 0 aliphatic heterocycles. The Bertz CT molecular complexity index is 1210. The molecule has 4 aromatic rings. The average Bonchev–Trinajstić information content (AvgIpc) is 3.03. The molecule has 0 unspecified atom stereocenters. The van der Waals surface area contributed by atoms with Gasteiger partial charge in [-0.3, -0.25) is 0 Å². The normalized spacial score (nSPS) is 11.1. The van der Waals surface area contributed by atoms with Crippen LogP contribution in [0.3, 0.4) is 0 Å². The lowest BCUT2D eigenvalue weighted by atomic mass is 10.0. The van der Waals surface area contributed by atoms with Crippen molar-refractivity contribution in [2.75, 3.05) is 0 Å². The Kier molecular flexibility index (Phi) is 4.84. The first kappa shape index (κ1) is 18.5. The van der Waals surface area contributed by atoms with Crippen LogP contribution in [0.15, 0.2) is 60.9 Å². The van der Waals surface area contributed by atoms with E-state index in [1.165, 1.54) is 0 Å². The zero-order valence-corrected chi connectivity index (χ0v) is 16.5. The van der Waals surface area contributed by atoms with E-state index in [1.807, 2.05) is 54.0 Å². The number of hydrogen-bond acceptors (Lipinski definition) is 2. The van der Waals surface area contributed by atoms with Crippen molar-refractivity contribution in [2.45, 2.75) is 13.5 Å². The van der Waals surface area contributed by atoms with E-state index in [-0.39, 0.29) is 5.56 Å². The number of fused-ring (bicyclic) bond motifs is 1. The second-order valence-corrected chi connectivity index (χ2v) is 7.53. The molecule has 0 amide bonds. The van der Waals surface area contributed by atoms with Crippen LogP contribution >= 0.6 is 23.2 Å². The van der Waals surface area contributed by atoms with Crippen LogP contribution in [-0.2, 0) is 6.54 Å². The smallest absolute Gasteiger partial charge is 0.337 e. The molecular weight excluding hydrogens is 395 g/mol.